The minimum atomic E-state index is -0.782. The van der Waals surface area contributed by atoms with Crippen molar-refractivity contribution in [1.82, 2.24) is 4.98 Å². The molecule has 1 unspecified atom stereocenters. The number of hydrogen-bond acceptors (Lipinski definition) is 2. The second kappa shape index (κ2) is 6.66. The molecule has 20 heavy (non-hydrogen) atoms. The number of aryl methyl sites for hydroxylation is 1. The van der Waals surface area contributed by atoms with Crippen molar-refractivity contribution >= 4 is 21.9 Å². The second-order valence-electron chi connectivity index (χ2n) is 4.90. The molecule has 0 spiro atoms. The number of carboxylic acid groups (broad SMARTS) is 1. The molecule has 0 amide bonds. The highest BCUT2D eigenvalue weighted by atomic mass is 79.9. The van der Waals surface area contributed by atoms with Gasteiger partial charge in [-0.25, -0.2) is 0 Å². The molecule has 0 saturated carbocycles. The van der Waals surface area contributed by atoms with Crippen molar-refractivity contribution in [2.24, 2.45) is 5.92 Å². The van der Waals surface area contributed by atoms with Gasteiger partial charge in [0.25, 0.3) is 0 Å². The van der Waals surface area contributed by atoms with E-state index in [0.29, 0.717) is 12.8 Å². The fourth-order valence-corrected chi connectivity index (χ4v) is 2.27. The topological polar surface area (TPSA) is 50.2 Å². The van der Waals surface area contributed by atoms with E-state index in [2.05, 4.69) is 20.9 Å². The first-order chi connectivity index (χ1) is 9.54. The summed E-state index contributed by atoms with van der Waals surface area (Å²) in [5.41, 5.74) is 3.02. The zero-order valence-corrected chi connectivity index (χ0v) is 12.8. The minimum absolute atomic E-state index is 0.441. The SMILES string of the molecule is Cc1ccc(CC(Cc2ccc(Br)cn2)C(=O)O)cc1. The molecule has 3 nitrogen and oxygen atoms in total. The summed E-state index contributed by atoms with van der Waals surface area (Å²) >= 11 is 3.32. The third kappa shape index (κ3) is 4.17. The highest BCUT2D eigenvalue weighted by Gasteiger charge is 2.19. The van der Waals surface area contributed by atoms with Crippen molar-refractivity contribution in [2.45, 2.75) is 19.8 Å². The third-order valence-electron chi connectivity index (χ3n) is 3.20. The standard InChI is InChI=1S/C16H16BrNO2/c1-11-2-4-12(5-3-11)8-13(16(19)20)9-15-7-6-14(17)10-18-15/h2-7,10,13H,8-9H2,1H3,(H,19,20). The van der Waals surface area contributed by atoms with Gasteiger partial charge < -0.3 is 5.11 Å². The molecule has 104 valence electrons. The zero-order chi connectivity index (χ0) is 14.5. The van der Waals surface area contributed by atoms with Crippen LogP contribution in [0, 0.1) is 12.8 Å². The molecule has 1 N–H and O–H groups in total. The number of rotatable bonds is 5. The van der Waals surface area contributed by atoms with Gasteiger partial charge in [0, 0.05) is 22.8 Å². The van der Waals surface area contributed by atoms with Crippen LogP contribution < -0.4 is 0 Å². The Morgan fingerprint density at radius 1 is 1.20 bits per heavy atom. The van der Waals surface area contributed by atoms with E-state index in [0.717, 1.165) is 15.7 Å². The fraction of sp³-hybridized carbons (Fsp3) is 0.250. The molecule has 1 atom stereocenters. The van der Waals surface area contributed by atoms with Gasteiger partial charge in [0.1, 0.15) is 0 Å². The Balaban J connectivity index is 2.09. The molecule has 4 heteroatoms. The number of nitrogens with zero attached hydrogens (tertiary/aromatic N) is 1. The molecule has 0 fully saturated rings. The summed E-state index contributed by atoms with van der Waals surface area (Å²) in [5, 5.41) is 9.37. The van der Waals surface area contributed by atoms with Crippen molar-refractivity contribution in [1.29, 1.82) is 0 Å². The van der Waals surface area contributed by atoms with Crippen LogP contribution in [0.25, 0.3) is 0 Å². The van der Waals surface area contributed by atoms with Crippen molar-refractivity contribution < 1.29 is 9.90 Å². The lowest BCUT2D eigenvalue weighted by atomic mass is 9.94. The average molecular weight is 334 g/mol. The Bertz CT molecular complexity index is 531. The molecular formula is C16H16BrNO2. The second-order valence-corrected chi connectivity index (χ2v) is 5.81. The number of benzene rings is 1. The summed E-state index contributed by atoms with van der Waals surface area (Å²) in [5.74, 6) is -1.23. The number of carboxylic acids is 1. The molecule has 0 radical (unpaired) electrons. The average Bonchev–Trinajstić information content (AvgIpc) is 2.42. The Labute approximate surface area is 126 Å². The van der Waals surface area contributed by atoms with Gasteiger partial charge in [0.2, 0.25) is 0 Å². The van der Waals surface area contributed by atoms with Gasteiger partial charge in [0.05, 0.1) is 5.92 Å². The summed E-state index contributed by atoms with van der Waals surface area (Å²) in [6, 6.07) is 11.7. The van der Waals surface area contributed by atoms with Crippen LogP contribution in [0.4, 0.5) is 0 Å². The lowest BCUT2D eigenvalue weighted by Gasteiger charge is -2.12. The number of aromatic nitrogens is 1. The normalized spacial score (nSPS) is 12.1. The fourth-order valence-electron chi connectivity index (χ4n) is 2.04. The maximum Gasteiger partial charge on any atom is 0.307 e. The maximum atomic E-state index is 11.4. The van der Waals surface area contributed by atoms with Crippen molar-refractivity contribution in [3.8, 4) is 0 Å². The Hall–Kier alpha value is -1.68. The molecule has 1 heterocycles. The third-order valence-corrected chi connectivity index (χ3v) is 3.67. The summed E-state index contributed by atoms with van der Waals surface area (Å²) < 4.78 is 0.895. The van der Waals surface area contributed by atoms with E-state index in [4.69, 9.17) is 0 Å². The van der Waals surface area contributed by atoms with Gasteiger partial charge in [-0.15, -0.1) is 0 Å². The molecule has 1 aromatic heterocycles. The van der Waals surface area contributed by atoms with Crippen LogP contribution in [-0.4, -0.2) is 16.1 Å². The van der Waals surface area contributed by atoms with Crippen molar-refractivity contribution in [3.63, 3.8) is 0 Å². The largest absolute Gasteiger partial charge is 0.481 e. The number of halogens is 1. The van der Waals surface area contributed by atoms with Gasteiger partial charge in [-0.05, 0) is 47.0 Å². The Morgan fingerprint density at radius 3 is 2.45 bits per heavy atom. The van der Waals surface area contributed by atoms with Gasteiger partial charge in [-0.3, -0.25) is 9.78 Å². The monoisotopic (exact) mass is 333 g/mol. The predicted octanol–water partition coefficient (Wildman–Crippen LogP) is 3.64. The Morgan fingerprint density at radius 2 is 1.90 bits per heavy atom. The summed E-state index contributed by atoms with van der Waals surface area (Å²) in [6.45, 7) is 2.02. The number of pyridine rings is 1. The van der Waals surface area contributed by atoms with E-state index in [1.54, 1.807) is 6.20 Å². The highest BCUT2D eigenvalue weighted by Crippen LogP contribution is 2.16. The smallest absolute Gasteiger partial charge is 0.307 e. The molecule has 0 bridgehead atoms. The number of carbonyl (C=O) groups is 1. The zero-order valence-electron chi connectivity index (χ0n) is 11.2. The van der Waals surface area contributed by atoms with E-state index < -0.39 is 11.9 Å². The quantitative estimate of drug-likeness (QED) is 0.908. The van der Waals surface area contributed by atoms with E-state index in [1.165, 1.54) is 5.56 Å². The van der Waals surface area contributed by atoms with Gasteiger partial charge in [0.15, 0.2) is 0 Å². The van der Waals surface area contributed by atoms with Crippen LogP contribution in [-0.2, 0) is 17.6 Å². The number of aliphatic carboxylic acids is 1. The van der Waals surface area contributed by atoms with E-state index in [-0.39, 0.29) is 0 Å². The lowest BCUT2D eigenvalue weighted by molar-refractivity contribution is -0.141. The molecule has 2 rings (SSSR count). The van der Waals surface area contributed by atoms with Gasteiger partial charge >= 0.3 is 5.97 Å². The van der Waals surface area contributed by atoms with Crippen molar-refractivity contribution in [2.75, 3.05) is 0 Å². The van der Waals surface area contributed by atoms with Gasteiger partial charge in [-0.1, -0.05) is 29.8 Å². The summed E-state index contributed by atoms with van der Waals surface area (Å²) in [4.78, 5) is 15.7. The molecule has 2 aromatic rings. The summed E-state index contributed by atoms with van der Waals surface area (Å²) in [7, 11) is 0. The molecule has 0 aliphatic heterocycles. The van der Waals surface area contributed by atoms with E-state index >= 15 is 0 Å². The van der Waals surface area contributed by atoms with E-state index in [9.17, 15) is 9.90 Å². The molecule has 0 saturated heterocycles. The van der Waals surface area contributed by atoms with Crippen LogP contribution in [0.1, 0.15) is 16.8 Å². The molecular weight excluding hydrogens is 318 g/mol. The Kier molecular flexibility index (Phi) is 4.90. The summed E-state index contributed by atoms with van der Waals surface area (Å²) in [6.07, 6.45) is 2.66. The van der Waals surface area contributed by atoms with Crippen LogP contribution in [0.15, 0.2) is 47.1 Å². The molecule has 0 aliphatic carbocycles. The van der Waals surface area contributed by atoms with Crippen molar-refractivity contribution in [3.05, 3.63) is 63.9 Å². The maximum absolute atomic E-state index is 11.4. The number of hydrogen-bond donors (Lipinski definition) is 1. The van der Waals surface area contributed by atoms with E-state index in [1.807, 2.05) is 43.3 Å². The first-order valence-electron chi connectivity index (χ1n) is 6.43. The first-order valence-corrected chi connectivity index (χ1v) is 7.22. The highest BCUT2D eigenvalue weighted by molar-refractivity contribution is 9.10. The van der Waals surface area contributed by atoms with Crippen LogP contribution in [0.3, 0.4) is 0 Å². The lowest BCUT2D eigenvalue weighted by Crippen LogP contribution is -2.19. The van der Waals surface area contributed by atoms with Crippen LogP contribution >= 0.6 is 15.9 Å². The predicted molar refractivity (Wildman–Crippen MR) is 81.6 cm³/mol. The molecule has 0 aliphatic rings. The first kappa shape index (κ1) is 14.7. The van der Waals surface area contributed by atoms with Crippen LogP contribution in [0.5, 0.6) is 0 Å². The minimum Gasteiger partial charge on any atom is -0.481 e. The van der Waals surface area contributed by atoms with Crippen LogP contribution in [0.2, 0.25) is 0 Å². The van der Waals surface area contributed by atoms with Gasteiger partial charge in [-0.2, -0.15) is 0 Å². The molecule has 1 aromatic carbocycles.